The van der Waals surface area contributed by atoms with Crippen LogP contribution in [0.4, 0.5) is 0 Å². The maximum Gasteiger partial charge on any atom is 0.310 e. The van der Waals surface area contributed by atoms with Gasteiger partial charge in [0.1, 0.15) is 0 Å². The Bertz CT molecular complexity index is 600. The van der Waals surface area contributed by atoms with Crippen molar-refractivity contribution in [3.63, 3.8) is 0 Å². The number of hydrogen-bond donors (Lipinski definition) is 4. The minimum absolute atomic E-state index is 0.0272. The highest BCUT2D eigenvalue weighted by Crippen LogP contribution is 2.60. The van der Waals surface area contributed by atoms with Gasteiger partial charge in [0.25, 0.3) is 0 Å². The molecule has 0 bridgehead atoms. The molecule has 140 valence electrons. The van der Waals surface area contributed by atoms with Gasteiger partial charge in [-0.2, -0.15) is 0 Å². The van der Waals surface area contributed by atoms with Crippen LogP contribution in [-0.2, 0) is 19.2 Å². The van der Waals surface area contributed by atoms with E-state index in [1.807, 2.05) is 0 Å². The van der Waals surface area contributed by atoms with E-state index in [4.69, 9.17) is 5.11 Å². The number of carboxylic acids is 4. The summed E-state index contributed by atoms with van der Waals surface area (Å²) in [5.74, 6) is -7.68. The lowest BCUT2D eigenvalue weighted by molar-refractivity contribution is -0.190. The summed E-state index contributed by atoms with van der Waals surface area (Å²) < 4.78 is 0. The molecule has 0 aromatic rings. The molecule has 0 spiro atoms. The van der Waals surface area contributed by atoms with Gasteiger partial charge in [0.15, 0.2) is 0 Å². The molecule has 3 unspecified atom stereocenters. The summed E-state index contributed by atoms with van der Waals surface area (Å²) in [5, 5.41) is 38.0. The quantitative estimate of drug-likeness (QED) is 0.562. The van der Waals surface area contributed by atoms with Crippen molar-refractivity contribution in [2.24, 2.45) is 34.5 Å². The molecule has 0 aliphatic heterocycles. The Balaban J connectivity index is 2.35. The summed E-state index contributed by atoms with van der Waals surface area (Å²) >= 11 is 0. The number of carboxylic acid groups (broad SMARTS) is 4. The molecule has 0 heterocycles. The molecular weight excluding hydrogens is 332 g/mol. The highest BCUT2D eigenvalue weighted by atomic mass is 16.4. The van der Waals surface area contributed by atoms with E-state index in [1.54, 1.807) is 13.8 Å². The number of hydrogen-bond acceptors (Lipinski definition) is 4. The van der Waals surface area contributed by atoms with E-state index in [0.29, 0.717) is 0 Å². The molecule has 3 atom stereocenters. The second-order valence-electron chi connectivity index (χ2n) is 7.94. The molecule has 0 amide bonds. The molecule has 0 saturated heterocycles. The average Bonchev–Trinajstić information content (AvgIpc) is 2.49. The summed E-state index contributed by atoms with van der Waals surface area (Å²) in [6.45, 7) is 3.32. The monoisotopic (exact) mass is 356 g/mol. The highest BCUT2D eigenvalue weighted by molar-refractivity contribution is 5.85. The molecular formula is C17H24O8. The average molecular weight is 356 g/mol. The third-order valence-electron chi connectivity index (χ3n) is 6.56. The second-order valence-corrected chi connectivity index (χ2v) is 7.94. The van der Waals surface area contributed by atoms with E-state index in [1.165, 1.54) is 0 Å². The van der Waals surface area contributed by atoms with Crippen LogP contribution in [0.2, 0.25) is 0 Å². The Labute approximate surface area is 144 Å². The third-order valence-corrected chi connectivity index (χ3v) is 6.56. The third kappa shape index (κ3) is 2.98. The first-order chi connectivity index (χ1) is 11.4. The van der Waals surface area contributed by atoms with Gasteiger partial charge in [-0.15, -0.1) is 0 Å². The Morgan fingerprint density at radius 3 is 1.76 bits per heavy atom. The van der Waals surface area contributed by atoms with Crippen molar-refractivity contribution in [3.05, 3.63) is 0 Å². The first-order valence-electron chi connectivity index (χ1n) is 8.37. The Hall–Kier alpha value is -2.12. The van der Waals surface area contributed by atoms with Crippen molar-refractivity contribution in [3.8, 4) is 0 Å². The zero-order valence-electron chi connectivity index (χ0n) is 14.3. The van der Waals surface area contributed by atoms with Crippen LogP contribution in [0, 0.1) is 34.5 Å². The van der Waals surface area contributed by atoms with Crippen molar-refractivity contribution in [2.75, 3.05) is 0 Å². The van der Waals surface area contributed by atoms with Gasteiger partial charge >= 0.3 is 23.9 Å². The molecule has 2 aliphatic rings. The van der Waals surface area contributed by atoms with E-state index < -0.39 is 58.4 Å². The number of aliphatic carboxylic acids is 4. The molecule has 4 N–H and O–H groups in total. The first-order valence-corrected chi connectivity index (χ1v) is 8.37. The summed E-state index contributed by atoms with van der Waals surface area (Å²) in [6.07, 6.45) is 0.291. The number of rotatable bonds is 6. The second kappa shape index (κ2) is 6.31. The van der Waals surface area contributed by atoms with Gasteiger partial charge in [0.05, 0.1) is 23.2 Å². The minimum atomic E-state index is -1.55. The smallest absolute Gasteiger partial charge is 0.310 e. The molecule has 8 heteroatoms. The molecule has 2 rings (SSSR count). The van der Waals surface area contributed by atoms with Crippen molar-refractivity contribution >= 4 is 23.9 Å². The molecule has 8 nitrogen and oxygen atoms in total. The zero-order chi connectivity index (χ0) is 19.2. The fourth-order valence-electron chi connectivity index (χ4n) is 4.78. The lowest BCUT2D eigenvalue weighted by atomic mass is 9.46. The fraction of sp³-hybridized carbons (Fsp3) is 0.765. The van der Waals surface area contributed by atoms with Crippen molar-refractivity contribution in [2.45, 2.75) is 46.0 Å². The Morgan fingerprint density at radius 1 is 0.920 bits per heavy atom. The maximum atomic E-state index is 12.0. The van der Waals surface area contributed by atoms with Crippen LogP contribution in [0.5, 0.6) is 0 Å². The van der Waals surface area contributed by atoms with Gasteiger partial charge in [-0.3, -0.25) is 19.2 Å². The molecule has 0 aromatic heterocycles. The van der Waals surface area contributed by atoms with Crippen LogP contribution >= 0.6 is 0 Å². The van der Waals surface area contributed by atoms with Gasteiger partial charge in [-0.1, -0.05) is 13.8 Å². The summed E-state index contributed by atoms with van der Waals surface area (Å²) in [4.78, 5) is 46.5. The zero-order valence-corrected chi connectivity index (χ0v) is 14.3. The molecule has 0 aromatic carbocycles. The molecule has 2 saturated carbocycles. The first kappa shape index (κ1) is 19.2. The van der Waals surface area contributed by atoms with Gasteiger partial charge < -0.3 is 20.4 Å². The lowest BCUT2D eigenvalue weighted by Gasteiger charge is -2.56. The lowest BCUT2D eigenvalue weighted by Crippen LogP contribution is -2.59. The van der Waals surface area contributed by atoms with Crippen molar-refractivity contribution < 1.29 is 39.6 Å². The number of carbonyl (C=O) groups is 4. The summed E-state index contributed by atoms with van der Waals surface area (Å²) in [6, 6.07) is 0. The topological polar surface area (TPSA) is 149 Å². The maximum absolute atomic E-state index is 12.0. The van der Waals surface area contributed by atoms with Crippen LogP contribution in [0.3, 0.4) is 0 Å². The predicted molar refractivity (Wildman–Crippen MR) is 83.8 cm³/mol. The molecule has 2 aliphatic carbocycles. The van der Waals surface area contributed by atoms with E-state index in [-0.39, 0.29) is 32.1 Å². The highest BCUT2D eigenvalue weighted by Gasteiger charge is 2.63. The van der Waals surface area contributed by atoms with E-state index >= 15 is 0 Å². The minimum Gasteiger partial charge on any atom is -0.481 e. The predicted octanol–water partition coefficient (Wildman–Crippen LogP) is 1.78. The van der Waals surface area contributed by atoms with Gasteiger partial charge in [0.2, 0.25) is 0 Å². The van der Waals surface area contributed by atoms with Crippen LogP contribution < -0.4 is 0 Å². The summed E-state index contributed by atoms with van der Waals surface area (Å²) in [5.41, 5.74) is -2.38. The molecule has 0 radical (unpaired) electrons. The van der Waals surface area contributed by atoms with Crippen molar-refractivity contribution in [1.29, 1.82) is 0 Å². The van der Waals surface area contributed by atoms with Gasteiger partial charge in [-0.05, 0) is 43.4 Å². The van der Waals surface area contributed by atoms with Crippen molar-refractivity contribution in [1.82, 2.24) is 0 Å². The van der Waals surface area contributed by atoms with Gasteiger partial charge in [-0.25, -0.2) is 0 Å². The van der Waals surface area contributed by atoms with Gasteiger partial charge in [0, 0.05) is 0 Å². The van der Waals surface area contributed by atoms with E-state index in [0.717, 1.165) is 0 Å². The molecule has 25 heavy (non-hydrogen) atoms. The molecule has 2 fully saturated rings. The van der Waals surface area contributed by atoms with Crippen LogP contribution in [0.15, 0.2) is 0 Å². The van der Waals surface area contributed by atoms with E-state index in [9.17, 15) is 34.5 Å². The Morgan fingerprint density at radius 2 is 1.44 bits per heavy atom. The van der Waals surface area contributed by atoms with Crippen LogP contribution in [-0.4, -0.2) is 44.3 Å². The SMILES string of the molecule is CC1(C)C(C(=O)O)CC1C(C(=O)O)C1(C(=O)O)CCC(C(=O)O)CC1. The largest absolute Gasteiger partial charge is 0.481 e. The Kier molecular flexibility index (Phi) is 4.85. The van der Waals surface area contributed by atoms with Crippen LogP contribution in [0.1, 0.15) is 46.0 Å². The summed E-state index contributed by atoms with van der Waals surface area (Å²) in [7, 11) is 0. The standard InChI is InChI=1S/C17H24O8/c1-16(2)9(7-10(16)13(20)21)11(14(22)23)17(15(24)25)5-3-8(4-6-17)12(18)19/h8-11H,3-7H2,1-2H3,(H,18,19)(H,20,21)(H,22,23)(H,24,25). The fourth-order valence-corrected chi connectivity index (χ4v) is 4.78. The van der Waals surface area contributed by atoms with Crippen LogP contribution in [0.25, 0.3) is 0 Å². The normalized spacial score (nSPS) is 35.2. The van der Waals surface area contributed by atoms with E-state index in [2.05, 4.69) is 0 Å².